The molecule has 11 heavy (non-hydrogen) atoms. The molecule has 0 bridgehead atoms. The third kappa shape index (κ3) is 1.46. The number of pyridine rings is 1. The first-order valence-corrected chi connectivity index (χ1v) is 3.01. The van der Waals surface area contributed by atoms with Gasteiger partial charge in [0.05, 0.1) is 17.2 Å². The van der Waals surface area contributed by atoms with Crippen LogP contribution in [0, 0.1) is 5.82 Å². The van der Waals surface area contributed by atoms with E-state index in [-0.39, 0.29) is 0 Å². The van der Waals surface area contributed by atoms with Crippen molar-refractivity contribution in [3.05, 3.63) is 28.8 Å². The lowest BCUT2D eigenvalue weighted by Gasteiger charge is -2.03. The first-order valence-electron chi connectivity index (χ1n) is 2.63. The van der Waals surface area contributed by atoms with Gasteiger partial charge in [-0.25, -0.2) is 4.39 Å². The highest BCUT2D eigenvalue weighted by atomic mass is 35.5. The van der Waals surface area contributed by atoms with Gasteiger partial charge in [0.1, 0.15) is 0 Å². The van der Waals surface area contributed by atoms with Crippen molar-refractivity contribution >= 4 is 17.6 Å². The van der Waals surface area contributed by atoms with Crippen LogP contribution >= 0.6 is 11.6 Å². The Kier molecular flexibility index (Phi) is 2.05. The minimum Gasteiger partial charge on any atom is -0.545 e. The molecule has 0 saturated carbocycles. The lowest BCUT2D eigenvalue weighted by molar-refractivity contribution is -0.255. The second-order valence-corrected chi connectivity index (χ2v) is 2.15. The van der Waals surface area contributed by atoms with Crippen molar-refractivity contribution in [2.24, 2.45) is 0 Å². The monoisotopic (exact) mass is 174 g/mol. The molecule has 0 atom stereocenters. The molecule has 58 valence electrons. The van der Waals surface area contributed by atoms with E-state index in [4.69, 9.17) is 11.6 Å². The quantitative estimate of drug-likeness (QED) is 0.613. The molecule has 1 heterocycles. The molecule has 0 saturated heterocycles. The second kappa shape index (κ2) is 2.84. The highest BCUT2D eigenvalue weighted by Crippen LogP contribution is 2.16. The van der Waals surface area contributed by atoms with Crippen LogP contribution in [0.1, 0.15) is 10.4 Å². The van der Waals surface area contributed by atoms with Crippen molar-refractivity contribution in [1.82, 2.24) is 4.98 Å². The third-order valence-corrected chi connectivity index (χ3v) is 1.44. The summed E-state index contributed by atoms with van der Waals surface area (Å²) in [5.74, 6) is -2.41. The number of halogens is 2. The lowest BCUT2D eigenvalue weighted by atomic mass is 10.3. The summed E-state index contributed by atoms with van der Waals surface area (Å²) < 4.78 is 12.5. The molecule has 0 N–H and O–H groups in total. The SMILES string of the molecule is O=C([O-])c1cncc(F)c1Cl. The molecule has 0 aromatic carbocycles. The van der Waals surface area contributed by atoms with E-state index in [2.05, 4.69) is 4.98 Å². The van der Waals surface area contributed by atoms with Gasteiger partial charge in [-0.15, -0.1) is 0 Å². The number of nitrogens with zero attached hydrogens (tertiary/aromatic N) is 1. The molecule has 0 fully saturated rings. The summed E-state index contributed by atoms with van der Waals surface area (Å²) in [6, 6.07) is 0. The Morgan fingerprint density at radius 3 is 2.73 bits per heavy atom. The summed E-state index contributed by atoms with van der Waals surface area (Å²) in [4.78, 5) is 13.5. The van der Waals surface area contributed by atoms with Gasteiger partial charge >= 0.3 is 0 Å². The zero-order valence-electron chi connectivity index (χ0n) is 5.17. The summed E-state index contributed by atoms with van der Waals surface area (Å²) in [6.45, 7) is 0. The van der Waals surface area contributed by atoms with Crippen LogP contribution < -0.4 is 5.11 Å². The predicted octanol–water partition coefficient (Wildman–Crippen LogP) is 0.238. The molecule has 0 unspecified atom stereocenters. The van der Waals surface area contributed by atoms with Crippen LogP contribution in [0.4, 0.5) is 4.39 Å². The highest BCUT2D eigenvalue weighted by molar-refractivity contribution is 6.33. The van der Waals surface area contributed by atoms with E-state index in [9.17, 15) is 14.3 Å². The summed E-state index contributed by atoms with van der Waals surface area (Å²) in [5.41, 5.74) is -0.438. The lowest BCUT2D eigenvalue weighted by Crippen LogP contribution is -2.23. The van der Waals surface area contributed by atoms with Gasteiger partial charge in [0.15, 0.2) is 5.82 Å². The maximum Gasteiger partial charge on any atom is 0.160 e. The normalized spacial score (nSPS) is 9.64. The molecule has 0 aliphatic carbocycles. The molecule has 3 nitrogen and oxygen atoms in total. The fourth-order valence-electron chi connectivity index (χ4n) is 0.562. The topological polar surface area (TPSA) is 53.0 Å². The summed E-state index contributed by atoms with van der Waals surface area (Å²) in [5, 5.41) is 9.70. The smallest absolute Gasteiger partial charge is 0.160 e. The average molecular weight is 175 g/mol. The Morgan fingerprint density at radius 2 is 2.27 bits per heavy atom. The average Bonchev–Trinajstić information content (AvgIpc) is 1.94. The summed E-state index contributed by atoms with van der Waals surface area (Å²) in [7, 11) is 0. The van der Waals surface area contributed by atoms with Gasteiger partial charge in [0, 0.05) is 11.8 Å². The maximum atomic E-state index is 12.5. The Bertz CT molecular complexity index is 303. The number of carbonyl (C=O) groups is 1. The van der Waals surface area contributed by atoms with Crippen molar-refractivity contribution in [3.8, 4) is 0 Å². The number of carbonyl (C=O) groups excluding carboxylic acids is 1. The molecule has 0 spiro atoms. The van der Waals surface area contributed by atoms with E-state index in [1.807, 2.05) is 0 Å². The number of hydrogen-bond donors (Lipinski definition) is 0. The van der Waals surface area contributed by atoms with Crippen LogP contribution in [0.2, 0.25) is 5.02 Å². The van der Waals surface area contributed by atoms with Crippen molar-refractivity contribution in [2.45, 2.75) is 0 Å². The summed E-state index contributed by atoms with van der Waals surface area (Å²) >= 11 is 5.25. The standard InChI is InChI=1S/C6H3ClFNO2/c7-5-3(6(10)11)1-9-2-4(5)8/h1-2H,(H,10,11)/p-1. The largest absolute Gasteiger partial charge is 0.545 e. The van der Waals surface area contributed by atoms with Crippen LogP contribution in [0.3, 0.4) is 0 Å². The van der Waals surface area contributed by atoms with E-state index in [0.717, 1.165) is 12.4 Å². The number of carboxylic acid groups (broad SMARTS) is 1. The van der Waals surface area contributed by atoms with Crippen LogP contribution in [0.15, 0.2) is 12.4 Å². The Balaban J connectivity index is 3.27. The van der Waals surface area contributed by atoms with E-state index in [1.165, 1.54) is 0 Å². The Labute approximate surface area is 66.4 Å². The van der Waals surface area contributed by atoms with Crippen LogP contribution in [0.25, 0.3) is 0 Å². The highest BCUT2D eigenvalue weighted by Gasteiger charge is 2.05. The maximum absolute atomic E-state index is 12.5. The van der Waals surface area contributed by atoms with Crippen molar-refractivity contribution in [1.29, 1.82) is 0 Å². The van der Waals surface area contributed by atoms with Gasteiger partial charge in [-0.3, -0.25) is 4.98 Å². The molecule has 0 aliphatic heterocycles. The van der Waals surface area contributed by atoms with Crippen LogP contribution in [-0.2, 0) is 0 Å². The number of rotatable bonds is 1. The number of hydrogen-bond acceptors (Lipinski definition) is 3. The zero-order valence-corrected chi connectivity index (χ0v) is 5.93. The van der Waals surface area contributed by atoms with E-state index in [0.29, 0.717) is 0 Å². The third-order valence-electron chi connectivity index (χ3n) is 1.06. The number of aromatic nitrogens is 1. The van der Waals surface area contributed by atoms with Crippen molar-refractivity contribution in [3.63, 3.8) is 0 Å². The minimum atomic E-state index is -1.54. The molecule has 1 aromatic rings. The molecular formula is C6H2ClFNO2-. The molecule has 1 rings (SSSR count). The molecular weight excluding hydrogens is 173 g/mol. The molecule has 1 aromatic heterocycles. The van der Waals surface area contributed by atoms with Gasteiger partial charge in [-0.1, -0.05) is 11.6 Å². The van der Waals surface area contributed by atoms with Crippen molar-refractivity contribution < 1.29 is 14.3 Å². The van der Waals surface area contributed by atoms with Gasteiger partial charge in [0.25, 0.3) is 0 Å². The van der Waals surface area contributed by atoms with Gasteiger partial charge in [-0.05, 0) is 0 Å². The molecule has 0 radical (unpaired) electrons. The van der Waals surface area contributed by atoms with Crippen molar-refractivity contribution in [2.75, 3.05) is 0 Å². The predicted molar refractivity (Wildman–Crippen MR) is 33.5 cm³/mol. The molecule has 0 amide bonds. The zero-order chi connectivity index (χ0) is 8.43. The van der Waals surface area contributed by atoms with Crippen LogP contribution in [0.5, 0.6) is 0 Å². The first kappa shape index (κ1) is 7.94. The minimum absolute atomic E-state index is 0.438. The molecule has 0 aliphatic rings. The first-order chi connectivity index (χ1) is 5.13. The molecule has 5 heteroatoms. The Hall–Kier alpha value is -1.16. The number of aromatic carboxylic acids is 1. The Morgan fingerprint density at radius 1 is 1.64 bits per heavy atom. The van der Waals surface area contributed by atoms with E-state index < -0.39 is 22.4 Å². The number of carboxylic acids is 1. The fraction of sp³-hybridized carbons (Fsp3) is 0. The van der Waals surface area contributed by atoms with E-state index >= 15 is 0 Å². The second-order valence-electron chi connectivity index (χ2n) is 1.77. The van der Waals surface area contributed by atoms with Gasteiger partial charge in [-0.2, -0.15) is 0 Å². The summed E-state index contributed by atoms with van der Waals surface area (Å²) in [6.07, 6.45) is 1.76. The fourth-order valence-corrected chi connectivity index (χ4v) is 0.736. The van der Waals surface area contributed by atoms with Crippen LogP contribution in [-0.4, -0.2) is 11.0 Å². The van der Waals surface area contributed by atoms with Gasteiger partial charge in [0.2, 0.25) is 0 Å². The van der Waals surface area contributed by atoms with E-state index in [1.54, 1.807) is 0 Å². The van der Waals surface area contributed by atoms with Gasteiger partial charge < -0.3 is 9.90 Å².